The van der Waals surface area contributed by atoms with E-state index in [9.17, 15) is 0 Å². The SMILES string of the molecule is NC(CN1Cc2ccccc2C1)c1ccccc1. The summed E-state index contributed by atoms with van der Waals surface area (Å²) in [7, 11) is 0. The summed E-state index contributed by atoms with van der Waals surface area (Å²) in [5.41, 5.74) is 10.4. The van der Waals surface area contributed by atoms with E-state index in [0.717, 1.165) is 19.6 Å². The number of rotatable bonds is 3. The van der Waals surface area contributed by atoms with Crippen LogP contribution in [-0.4, -0.2) is 11.4 Å². The first-order valence-corrected chi connectivity index (χ1v) is 6.42. The van der Waals surface area contributed by atoms with Crippen LogP contribution in [0.1, 0.15) is 22.7 Å². The molecule has 2 nitrogen and oxygen atoms in total. The van der Waals surface area contributed by atoms with E-state index < -0.39 is 0 Å². The maximum atomic E-state index is 6.27. The molecule has 1 atom stereocenters. The summed E-state index contributed by atoms with van der Waals surface area (Å²) >= 11 is 0. The van der Waals surface area contributed by atoms with Gasteiger partial charge >= 0.3 is 0 Å². The van der Waals surface area contributed by atoms with Crippen molar-refractivity contribution in [1.29, 1.82) is 0 Å². The van der Waals surface area contributed by atoms with Crippen molar-refractivity contribution in [3.05, 3.63) is 71.3 Å². The van der Waals surface area contributed by atoms with Gasteiger partial charge in [0.05, 0.1) is 0 Å². The zero-order chi connectivity index (χ0) is 12.4. The van der Waals surface area contributed by atoms with Gasteiger partial charge in [0.25, 0.3) is 0 Å². The third-order valence-electron chi connectivity index (χ3n) is 3.59. The molecule has 0 aliphatic carbocycles. The van der Waals surface area contributed by atoms with Crippen LogP contribution in [0.5, 0.6) is 0 Å². The average Bonchev–Trinajstić information content (AvgIpc) is 2.82. The van der Waals surface area contributed by atoms with Crippen LogP contribution in [0.2, 0.25) is 0 Å². The molecule has 0 aromatic heterocycles. The van der Waals surface area contributed by atoms with Crippen molar-refractivity contribution in [1.82, 2.24) is 4.90 Å². The Balaban J connectivity index is 1.66. The Bertz CT molecular complexity index is 497. The fourth-order valence-corrected chi connectivity index (χ4v) is 2.62. The highest BCUT2D eigenvalue weighted by Crippen LogP contribution is 2.24. The van der Waals surface area contributed by atoms with E-state index >= 15 is 0 Å². The molecule has 18 heavy (non-hydrogen) atoms. The predicted molar refractivity (Wildman–Crippen MR) is 73.9 cm³/mol. The molecule has 2 heteroatoms. The molecule has 1 heterocycles. The largest absolute Gasteiger partial charge is 0.323 e. The number of hydrogen-bond acceptors (Lipinski definition) is 2. The maximum Gasteiger partial charge on any atom is 0.0424 e. The molecule has 1 aliphatic heterocycles. The van der Waals surface area contributed by atoms with Crippen LogP contribution < -0.4 is 5.73 Å². The van der Waals surface area contributed by atoms with E-state index in [4.69, 9.17) is 5.73 Å². The molecule has 2 aromatic carbocycles. The summed E-state index contributed by atoms with van der Waals surface area (Å²) in [4.78, 5) is 2.42. The fraction of sp³-hybridized carbons (Fsp3) is 0.250. The van der Waals surface area contributed by atoms with Crippen LogP contribution in [0.15, 0.2) is 54.6 Å². The Morgan fingerprint density at radius 3 is 2.06 bits per heavy atom. The molecule has 0 amide bonds. The summed E-state index contributed by atoms with van der Waals surface area (Å²) in [6, 6.07) is 19.1. The summed E-state index contributed by atoms with van der Waals surface area (Å²) in [5.74, 6) is 0. The van der Waals surface area contributed by atoms with E-state index in [0.29, 0.717) is 0 Å². The molecule has 0 saturated carbocycles. The third-order valence-corrected chi connectivity index (χ3v) is 3.59. The van der Waals surface area contributed by atoms with Gasteiger partial charge in [0, 0.05) is 25.7 Å². The second-order valence-corrected chi connectivity index (χ2v) is 4.96. The lowest BCUT2D eigenvalue weighted by Gasteiger charge is -2.20. The van der Waals surface area contributed by atoms with Gasteiger partial charge in [-0.05, 0) is 16.7 Å². The first-order valence-electron chi connectivity index (χ1n) is 6.42. The van der Waals surface area contributed by atoms with Gasteiger partial charge in [0.15, 0.2) is 0 Å². The van der Waals surface area contributed by atoms with E-state index in [-0.39, 0.29) is 6.04 Å². The molecule has 92 valence electrons. The normalized spacial score (nSPS) is 16.5. The molecule has 0 bridgehead atoms. The average molecular weight is 238 g/mol. The predicted octanol–water partition coefficient (Wildman–Crippen LogP) is 2.70. The van der Waals surface area contributed by atoms with Gasteiger partial charge < -0.3 is 5.73 Å². The highest BCUT2D eigenvalue weighted by molar-refractivity contribution is 5.30. The Labute approximate surface area is 108 Å². The van der Waals surface area contributed by atoms with Gasteiger partial charge in [0.2, 0.25) is 0 Å². The number of nitrogens with zero attached hydrogens (tertiary/aromatic N) is 1. The highest BCUT2D eigenvalue weighted by Gasteiger charge is 2.20. The van der Waals surface area contributed by atoms with Crippen LogP contribution in [0.4, 0.5) is 0 Å². The minimum Gasteiger partial charge on any atom is -0.323 e. The monoisotopic (exact) mass is 238 g/mol. The van der Waals surface area contributed by atoms with Crippen LogP contribution in [0.25, 0.3) is 0 Å². The van der Waals surface area contributed by atoms with E-state index in [1.807, 2.05) is 18.2 Å². The van der Waals surface area contributed by atoms with Crippen molar-refractivity contribution in [2.24, 2.45) is 5.73 Å². The lowest BCUT2D eigenvalue weighted by Crippen LogP contribution is -2.28. The number of fused-ring (bicyclic) bond motifs is 1. The van der Waals surface area contributed by atoms with Crippen LogP contribution in [0.3, 0.4) is 0 Å². The topological polar surface area (TPSA) is 29.3 Å². The highest BCUT2D eigenvalue weighted by atomic mass is 15.1. The van der Waals surface area contributed by atoms with Crippen LogP contribution in [-0.2, 0) is 13.1 Å². The molecule has 1 aliphatic rings. The molecule has 3 rings (SSSR count). The molecule has 0 saturated heterocycles. The molecule has 0 radical (unpaired) electrons. The van der Waals surface area contributed by atoms with Gasteiger partial charge in [-0.3, -0.25) is 4.90 Å². The zero-order valence-corrected chi connectivity index (χ0v) is 10.4. The molecular formula is C16H18N2. The number of hydrogen-bond donors (Lipinski definition) is 1. The fourth-order valence-electron chi connectivity index (χ4n) is 2.62. The van der Waals surface area contributed by atoms with Crippen molar-refractivity contribution < 1.29 is 0 Å². The first kappa shape index (κ1) is 11.5. The van der Waals surface area contributed by atoms with Crippen LogP contribution in [0, 0.1) is 0 Å². The standard InChI is InChI=1S/C16H18N2/c17-16(13-6-2-1-3-7-13)12-18-10-14-8-4-5-9-15(14)11-18/h1-9,16H,10-12,17H2. The second kappa shape index (κ2) is 4.92. The van der Waals surface area contributed by atoms with E-state index in [1.165, 1.54) is 16.7 Å². The minimum absolute atomic E-state index is 0.0977. The number of nitrogens with two attached hydrogens (primary N) is 1. The summed E-state index contributed by atoms with van der Waals surface area (Å²) in [6.45, 7) is 2.96. The first-order chi connectivity index (χ1) is 8.83. The van der Waals surface area contributed by atoms with Gasteiger partial charge in [0.1, 0.15) is 0 Å². The summed E-state index contributed by atoms with van der Waals surface area (Å²) in [5, 5.41) is 0. The smallest absolute Gasteiger partial charge is 0.0424 e. The molecule has 1 unspecified atom stereocenters. The summed E-state index contributed by atoms with van der Waals surface area (Å²) < 4.78 is 0. The van der Waals surface area contributed by atoms with Crippen molar-refractivity contribution in [3.8, 4) is 0 Å². The Hall–Kier alpha value is -1.64. The molecular weight excluding hydrogens is 220 g/mol. The van der Waals surface area contributed by atoms with Crippen molar-refractivity contribution in [2.45, 2.75) is 19.1 Å². The zero-order valence-electron chi connectivity index (χ0n) is 10.4. The maximum absolute atomic E-state index is 6.27. The Morgan fingerprint density at radius 2 is 1.44 bits per heavy atom. The van der Waals surface area contributed by atoms with Crippen molar-refractivity contribution in [2.75, 3.05) is 6.54 Å². The third kappa shape index (κ3) is 2.30. The second-order valence-electron chi connectivity index (χ2n) is 4.96. The van der Waals surface area contributed by atoms with Crippen molar-refractivity contribution >= 4 is 0 Å². The molecule has 2 aromatic rings. The Kier molecular flexibility index (Phi) is 3.13. The van der Waals surface area contributed by atoms with Gasteiger partial charge in [-0.25, -0.2) is 0 Å². The molecule has 0 spiro atoms. The minimum atomic E-state index is 0.0977. The van der Waals surface area contributed by atoms with E-state index in [1.54, 1.807) is 0 Å². The summed E-state index contributed by atoms with van der Waals surface area (Å²) in [6.07, 6.45) is 0. The lowest BCUT2D eigenvalue weighted by molar-refractivity contribution is 0.266. The Morgan fingerprint density at radius 1 is 0.889 bits per heavy atom. The molecule has 0 fully saturated rings. The quantitative estimate of drug-likeness (QED) is 0.891. The van der Waals surface area contributed by atoms with Crippen LogP contribution >= 0.6 is 0 Å². The van der Waals surface area contributed by atoms with Crippen molar-refractivity contribution in [3.63, 3.8) is 0 Å². The van der Waals surface area contributed by atoms with Gasteiger partial charge in [-0.1, -0.05) is 54.6 Å². The van der Waals surface area contributed by atoms with Gasteiger partial charge in [-0.15, -0.1) is 0 Å². The molecule has 2 N–H and O–H groups in total. The lowest BCUT2D eigenvalue weighted by atomic mass is 10.1. The number of benzene rings is 2. The van der Waals surface area contributed by atoms with Gasteiger partial charge in [-0.2, -0.15) is 0 Å². The van der Waals surface area contributed by atoms with E-state index in [2.05, 4.69) is 41.3 Å².